The molecule has 1 saturated heterocycles. The number of thiophene rings is 1. The fourth-order valence-electron chi connectivity index (χ4n) is 2.73. The van der Waals surface area contributed by atoms with E-state index >= 15 is 0 Å². The molecule has 132 valence electrons. The molecule has 2 heterocycles. The Morgan fingerprint density at radius 1 is 1.31 bits per heavy atom. The zero-order valence-corrected chi connectivity index (χ0v) is 14.8. The highest BCUT2D eigenvalue weighted by Gasteiger charge is 2.49. The fraction of sp³-hybridized carbons (Fsp3) is 0.222. The summed E-state index contributed by atoms with van der Waals surface area (Å²) in [5.74, 6) is -0.934. The van der Waals surface area contributed by atoms with E-state index in [0.717, 1.165) is 10.5 Å². The van der Waals surface area contributed by atoms with Gasteiger partial charge in [0.05, 0.1) is 12.5 Å². The molecule has 1 aliphatic heterocycles. The zero-order valence-electron chi connectivity index (χ0n) is 14.0. The minimum Gasteiger partial charge on any atom is -0.325 e. The van der Waals surface area contributed by atoms with Gasteiger partial charge in [0, 0.05) is 5.69 Å². The molecule has 0 spiro atoms. The summed E-state index contributed by atoms with van der Waals surface area (Å²) < 4.78 is 0. The number of urea groups is 1. The molecule has 2 aromatic rings. The van der Waals surface area contributed by atoms with Crippen molar-refractivity contribution in [3.8, 4) is 6.07 Å². The molecule has 26 heavy (non-hydrogen) atoms. The number of rotatable bonds is 5. The van der Waals surface area contributed by atoms with E-state index in [1.54, 1.807) is 42.6 Å². The number of nitriles is 1. The second-order valence-electron chi connectivity index (χ2n) is 6.04. The Hall–Kier alpha value is -3.18. The van der Waals surface area contributed by atoms with Gasteiger partial charge < -0.3 is 10.6 Å². The molecule has 1 aromatic carbocycles. The van der Waals surface area contributed by atoms with Gasteiger partial charge in [0.25, 0.3) is 5.91 Å². The lowest BCUT2D eigenvalue weighted by Crippen LogP contribution is -2.41. The monoisotopic (exact) mass is 368 g/mol. The van der Waals surface area contributed by atoms with Crippen LogP contribution in [-0.2, 0) is 21.5 Å². The average molecular weight is 368 g/mol. The van der Waals surface area contributed by atoms with E-state index in [1.165, 1.54) is 11.3 Å². The number of hydrogen-bond acceptors (Lipinski definition) is 5. The molecule has 8 heteroatoms. The van der Waals surface area contributed by atoms with Crippen molar-refractivity contribution in [3.63, 3.8) is 0 Å². The van der Waals surface area contributed by atoms with Crippen LogP contribution in [0.25, 0.3) is 0 Å². The second kappa shape index (κ2) is 6.98. The lowest BCUT2D eigenvalue weighted by atomic mass is 9.95. The van der Waals surface area contributed by atoms with Crippen molar-refractivity contribution in [1.29, 1.82) is 5.26 Å². The molecule has 1 aromatic heterocycles. The molecular formula is C18H16N4O3S. The third-order valence-corrected chi connectivity index (χ3v) is 4.88. The number of hydrogen-bond donors (Lipinski definition) is 2. The molecule has 1 unspecified atom stereocenters. The standard InChI is InChI=1S/C18H16N4O3S/c1-18(13-7-9-26-11-13)16(24)22(17(25)21-18)10-15(23)20-14-4-2-12(3-5-14)6-8-19/h2-5,7,9,11H,6,10H2,1H3,(H,20,23)(H,21,25). The van der Waals surface area contributed by atoms with Crippen LogP contribution in [0.5, 0.6) is 0 Å². The van der Waals surface area contributed by atoms with Crippen LogP contribution >= 0.6 is 11.3 Å². The highest BCUT2D eigenvalue weighted by molar-refractivity contribution is 7.08. The van der Waals surface area contributed by atoms with Gasteiger partial charge in [0.1, 0.15) is 12.1 Å². The Morgan fingerprint density at radius 2 is 2.04 bits per heavy atom. The molecule has 2 N–H and O–H groups in total. The largest absolute Gasteiger partial charge is 0.325 e. The maximum atomic E-state index is 12.7. The van der Waals surface area contributed by atoms with Gasteiger partial charge in [0.2, 0.25) is 5.91 Å². The Balaban J connectivity index is 1.67. The molecule has 7 nitrogen and oxygen atoms in total. The van der Waals surface area contributed by atoms with Crippen molar-refractivity contribution in [2.75, 3.05) is 11.9 Å². The zero-order chi connectivity index (χ0) is 18.7. The maximum Gasteiger partial charge on any atom is 0.325 e. The van der Waals surface area contributed by atoms with Crippen LogP contribution in [0.4, 0.5) is 10.5 Å². The lowest BCUT2D eigenvalue weighted by molar-refractivity contribution is -0.133. The SMILES string of the molecule is CC1(c2ccsc2)NC(=O)N(CC(=O)Nc2ccc(CC#N)cc2)C1=O. The summed E-state index contributed by atoms with van der Waals surface area (Å²) in [6.45, 7) is 1.26. The van der Waals surface area contributed by atoms with Gasteiger partial charge in [-0.1, -0.05) is 12.1 Å². The summed E-state index contributed by atoms with van der Waals surface area (Å²) in [4.78, 5) is 38.0. The number of anilines is 1. The average Bonchev–Trinajstić information content (AvgIpc) is 3.22. The third-order valence-electron chi connectivity index (χ3n) is 4.20. The van der Waals surface area contributed by atoms with Crippen LogP contribution in [-0.4, -0.2) is 29.3 Å². The second-order valence-corrected chi connectivity index (χ2v) is 6.82. The predicted octanol–water partition coefficient (Wildman–Crippen LogP) is 2.22. The van der Waals surface area contributed by atoms with Crippen LogP contribution in [0, 0.1) is 11.3 Å². The number of nitrogens with zero attached hydrogens (tertiary/aromatic N) is 2. The van der Waals surface area contributed by atoms with Crippen molar-refractivity contribution < 1.29 is 14.4 Å². The molecule has 0 saturated carbocycles. The van der Waals surface area contributed by atoms with E-state index in [-0.39, 0.29) is 13.0 Å². The van der Waals surface area contributed by atoms with E-state index in [1.807, 2.05) is 11.4 Å². The van der Waals surface area contributed by atoms with Gasteiger partial charge in [-0.25, -0.2) is 4.79 Å². The predicted molar refractivity (Wildman–Crippen MR) is 96.3 cm³/mol. The van der Waals surface area contributed by atoms with Crippen molar-refractivity contribution in [3.05, 3.63) is 52.2 Å². The Kier molecular flexibility index (Phi) is 4.73. The van der Waals surface area contributed by atoms with Crippen molar-refractivity contribution in [2.24, 2.45) is 0 Å². The number of benzene rings is 1. The number of imide groups is 1. The number of carbonyl (C=O) groups is 3. The Bertz CT molecular complexity index is 886. The summed E-state index contributed by atoms with van der Waals surface area (Å²) >= 11 is 1.43. The first-order valence-corrected chi connectivity index (χ1v) is 8.81. The maximum absolute atomic E-state index is 12.7. The highest BCUT2D eigenvalue weighted by atomic mass is 32.1. The lowest BCUT2D eigenvalue weighted by Gasteiger charge is -2.20. The molecule has 1 atom stereocenters. The van der Waals surface area contributed by atoms with Crippen molar-refractivity contribution >= 4 is 34.9 Å². The molecule has 4 amide bonds. The molecule has 0 bridgehead atoms. The number of nitrogens with one attached hydrogen (secondary N) is 2. The first-order chi connectivity index (χ1) is 12.4. The Morgan fingerprint density at radius 3 is 2.65 bits per heavy atom. The van der Waals surface area contributed by atoms with E-state index in [4.69, 9.17) is 5.26 Å². The number of amides is 4. The van der Waals surface area contributed by atoms with Crippen LogP contribution in [0.3, 0.4) is 0 Å². The smallest absolute Gasteiger partial charge is 0.325 e. The van der Waals surface area contributed by atoms with Gasteiger partial charge in [0.15, 0.2) is 0 Å². The summed E-state index contributed by atoms with van der Waals surface area (Å²) in [5.41, 5.74) is 0.906. The quantitative estimate of drug-likeness (QED) is 0.790. The van der Waals surface area contributed by atoms with Crippen molar-refractivity contribution in [1.82, 2.24) is 10.2 Å². The van der Waals surface area contributed by atoms with Gasteiger partial charge in [-0.15, -0.1) is 0 Å². The minimum atomic E-state index is -1.16. The van der Waals surface area contributed by atoms with E-state index in [0.29, 0.717) is 11.3 Å². The van der Waals surface area contributed by atoms with Gasteiger partial charge >= 0.3 is 6.03 Å². The van der Waals surface area contributed by atoms with Crippen LogP contribution in [0.2, 0.25) is 0 Å². The summed E-state index contributed by atoms with van der Waals surface area (Å²) in [6.07, 6.45) is 0.290. The minimum absolute atomic E-state index is 0.290. The van der Waals surface area contributed by atoms with Crippen molar-refractivity contribution in [2.45, 2.75) is 18.9 Å². The van der Waals surface area contributed by atoms with Crippen LogP contribution in [0.1, 0.15) is 18.1 Å². The third kappa shape index (κ3) is 3.30. The normalized spacial score (nSPS) is 19.2. The van der Waals surface area contributed by atoms with E-state index < -0.39 is 23.4 Å². The van der Waals surface area contributed by atoms with E-state index in [9.17, 15) is 14.4 Å². The number of carbonyl (C=O) groups excluding carboxylic acids is 3. The fourth-order valence-corrected chi connectivity index (χ4v) is 3.49. The molecule has 0 radical (unpaired) electrons. The van der Waals surface area contributed by atoms with E-state index in [2.05, 4.69) is 10.6 Å². The first kappa shape index (κ1) is 17.6. The van der Waals surface area contributed by atoms with Gasteiger partial charge in [-0.2, -0.15) is 16.6 Å². The van der Waals surface area contributed by atoms with Gasteiger partial charge in [-0.05, 0) is 47.0 Å². The van der Waals surface area contributed by atoms with Gasteiger partial charge in [-0.3, -0.25) is 14.5 Å². The molecule has 1 fully saturated rings. The summed E-state index contributed by atoms with van der Waals surface area (Å²) in [7, 11) is 0. The molecular weight excluding hydrogens is 352 g/mol. The topological polar surface area (TPSA) is 102 Å². The summed E-state index contributed by atoms with van der Waals surface area (Å²) in [6, 6.07) is 10.0. The highest BCUT2D eigenvalue weighted by Crippen LogP contribution is 2.30. The first-order valence-electron chi connectivity index (χ1n) is 7.86. The molecule has 0 aliphatic carbocycles. The molecule has 1 aliphatic rings. The van der Waals surface area contributed by atoms with Crippen LogP contribution in [0.15, 0.2) is 41.1 Å². The summed E-state index contributed by atoms with van der Waals surface area (Å²) in [5, 5.41) is 17.6. The Labute approximate surface area is 154 Å². The molecule has 3 rings (SSSR count). The van der Waals surface area contributed by atoms with Crippen LogP contribution < -0.4 is 10.6 Å².